The molecule has 0 aromatic heterocycles. The highest BCUT2D eigenvalue weighted by Crippen LogP contribution is 2.44. The minimum atomic E-state index is 0.660. The van der Waals surface area contributed by atoms with E-state index in [4.69, 9.17) is 14.2 Å². The molecule has 28 heavy (non-hydrogen) atoms. The molecule has 1 fully saturated rings. The first-order valence-electron chi connectivity index (χ1n) is 10.1. The van der Waals surface area contributed by atoms with E-state index in [0.29, 0.717) is 6.04 Å². The molecule has 3 aromatic rings. The van der Waals surface area contributed by atoms with Crippen LogP contribution in [-0.2, 0) is 13.0 Å². The zero-order valence-corrected chi connectivity index (χ0v) is 16.9. The molecular formula is C24H27NO3. The molecule has 3 aromatic carbocycles. The molecular weight excluding hydrogens is 350 g/mol. The molecule has 2 heterocycles. The maximum Gasteiger partial charge on any atom is 0.161 e. The first-order chi connectivity index (χ1) is 13.7. The minimum Gasteiger partial charge on any atom is -0.497 e. The van der Waals surface area contributed by atoms with Crippen molar-refractivity contribution in [3.8, 4) is 17.2 Å². The van der Waals surface area contributed by atoms with Crippen molar-refractivity contribution < 1.29 is 14.2 Å². The molecule has 0 N–H and O–H groups in total. The van der Waals surface area contributed by atoms with Crippen LogP contribution in [0, 0.1) is 0 Å². The molecule has 1 saturated heterocycles. The van der Waals surface area contributed by atoms with Gasteiger partial charge in [0.05, 0.1) is 21.3 Å². The second kappa shape index (κ2) is 6.85. The Balaban J connectivity index is 1.85. The molecule has 2 aliphatic rings. The van der Waals surface area contributed by atoms with E-state index in [0.717, 1.165) is 30.2 Å². The van der Waals surface area contributed by atoms with Gasteiger partial charge in [-0.25, -0.2) is 0 Å². The van der Waals surface area contributed by atoms with Gasteiger partial charge in [-0.15, -0.1) is 0 Å². The van der Waals surface area contributed by atoms with Crippen LogP contribution in [0.5, 0.6) is 17.2 Å². The second-order valence-corrected chi connectivity index (χ2v) is 7.95. The quantitative estimate of drug-likeness (QED) is 0.606. The lowest BCUT2D eigenvalue weighted by Crippen LogP contribution is -2.43. The van der Waals surface area contributed by atoms with Crippen LogP contribution in [0.15, 0.2) is 30.3 Å². The molecule has 0 spiro atoms. The SMILES string of the molecule is COc1ccc2c3c(c4cc(OC)c(OC)cc4c2c1)C[C@H]1CCCCN1C3. The molecule has 0 amide bonds. The summed E-state index contributed by atoms with van der Waals surface area (Å²) in [5.74, 6) is 2.45. The Bertz CT molecular complexity index is 1060. The summed E-state index contributed by atoms with van der Waals surface area (Å²) < 4.78 is 16.8. The summed E-state index contributed by atoms with van der Waals surface area (Å²) in [7, 11) is 5.14. The van der Waals surface area contributed by atoms with Gasteiger partial charge in [-0.3, -0.25) is 4.90 Å². The Morgan fingerprint density at radius 2 is 1.54 bits per heavy atom. The highest BCUT2D eigenvalue weighted by Gasteiger charge is 2.31. The minimum absolute atomic E-state index is 0.660. The summed E-state index contributed by atoms with van der Waals surface area (Å²) in [6.07, 6.45) is 5.07. The van der Waals surface area contributed by atoms with Crippen molar-refractivity contribution in [1.82, 2.24) is 4.90 Å². The zero-order valence-electron chi connectivity index (χ0n) is 16.9. The van der Waals surface area contributed by atoms with Crippen LogP contribution in [0.1, 0.15) is 30.4 Å². The van der Waals surface area contributed by atoms with Crippen molar-refractivity contribution in [2.45, 2.75) is 38.3 Å². The van der Waals surface area contributed by atoms with E-state index in [2.05, 4.69) is 35.2 Å². The predicted octanol–water partition coefficient (Wildman–Crippen LogP) is 4.93. The monoisotopic (exact) mass is 377 g/mol. The summed E-state index contributed by atoms with van der Waals surface area (Å²) in [5.41, 5.74) is 2.95. The molecule has 0 radical (unpaired) electrons. The van der Waals surface area contributed by atoms with E-state index in [1.54, 1.807) is 21.3 Å². The van der Waals surface area contributed by atoms with Crippen molar-refractivity contribution in [3.05, 3.63) is 41.5 Å². The first-order valence-corrected chi connectivity index (χ1v) is 10.1. The Labute approximate surface area is 166 Å². The number of rotatable bonds is 3. The van der Waals surface area contributed by atoms with Crippen molar-refractivity contribution in [1.29, 1.82) is 0 Å². The molecule has 0 saturated carbocycles. The second-order valence-electron chi connectivity index (χ2n) is 7.95. The Hall–Kier alpha value is -2.46. The van der Waals surface area contributed by atoms with E-state index in [1.165, 1.54) is 58.5 Å². The lowest BCUT2D eigenvalue weighted by molar-refractivity contribution is 0.128. The van der Waals surface area contributed by atoms with Crippen LogP contribution >= 0.6 is 0 Å². The Kier molecular flexibility index (Phi) is 4.31. The third-order valence-electron chi connectivity index (χ3n) is 6.61. The van der Waals surface area contributed by atoms with E-state index >= 15 is 0 Å². The van der Waals surface area contributed by atoms with Crippen LogP contribution in [0.3, 0.4) is 0 Å². The van der Waals surface area contributed by atoms with Gasteiger partial charge in [0.1, 0.15) is 5.75 Å². The van der Waals surface area contributed by atoms with Gasteiger partial charge >= 0.3 is 0 Å². The van der Waals surface area contributed by atoms with E-state index < -0.39 is 0 Å². The maximum absolute atomic E-state index is 5.64. The van der Waals surface area contributed by atoms with Crippen LogP contribution in [0.2, 0.25) is 0 Å². The summed E-state index contributed by atoms with van der Waals surface area (Å²) in [4.78, 5) is 2.68. The van der Waals surface area contributed by atoms with E-state index in [-0.39, 0.29) is 0 Å². The lowest BCUT2D eigenvalue weighted by atomic mass is 9.82. The van der Waals surface area contributed by atoms with Gasteiger partial charge in [0.15, 0.2) is 11.5 Å². The molecule has 1 atom stereocenters. The van der Waals surface area contributed by atoms with Gasteiger partial charge in [0, 0.05) is 12.6 Å². The van der Waals surface area contributed by atoms with Gasteiger partial charge in [-0.05, 0) is 82.7 Å². The first kappa shape index (κ1) is 17.6. The summed E-state index contributed by atoms with van der Waals surface area (Å²) in [6.45, 7) is 2.25. The summed E-state index contributed by atoms with van der Waals surface area (Å²) in [6, 6.07) is 11.4. The number of hydrogen-bond acceptors (Lipinski definition) is 4. The largest absolute Gasteiger partial charge is 0.497 e. The lowest BCUT2D eigenvalue weighted by Gasteiger charge is -2.41. The Morgan fingerprint density at radius 1 is 0.786 bits per heavy atom. The number of fused-ring (bicyclic) bond motifs is 7. The number of ether oxygens (including phenoxy) is 3. The van der Waals surface area contributed by atoms with Crippen molar-refractivity contribution in [3.63, 3.8) is 0 Å². The molecule has 0 unspecified atom stereocenters. The van der Waals surface area contributed by atoms with Gasteiger partial charge in [-0.1, -0.05) is 12.5 Å². The molecule has 0 bridgehead atoms. The molecule has 0 aliphatic carbocycles. The molecule has 4 nitrogen and oxygen atoms in total. The predicted molar refractivity (Wildman–Crippen MR) is 113 cm³/mol. The average molecular weight is 377 g/mol. The molecule has 146 valence electrons. The fourth-order valence-electron chi connectivity index (χ4n) is 5.16. The van der Waals surface area contributed by atoms with Crippen LogP contribution < -0.4 is 14.2 Å². The normalized spacial score (nSPS) is 19.3. The zero-order chi connectivity index (χ0) is 19.3. The highest BCUT2D eigenvalue weighted by atomic mass is 16.5. The third kappa shape index (κ3) is 2.62. The van der Waals surface area contributed by atoms with Crippen molar-refractivity contribution in [2.24, 2.45) is 0 Å². The summed E-state index contributed by atoms with van der Waals surface area (Å²) >= 11 is 0. The van der Waals surface area contributed by atoms with Crippen molar-refractivity contribution in [2.75, 3.05) is 27.9 Å². The number of piperidine rings is 1. The highest BCUT2D eigenvalue weighted by molar-refractivity contribution is 6.12. The number of benzene rings is 3. The number of hydrogen-bond donors (Lipinski definition) is 0. The third-order valence-corrected chi connectivity index (χ3v) is 6.61. The summed E-state index contributed by atoms with van der Waals surface area (Å²) in [5, 5.41) is 5.07. The Morgan fingerprint density at radius 3 is 2.29 bits per heavy atom. The standard InChI is InChI=1S/C24H27NO3/c1-26-16-7-8-17-19(11-16)21-13-24(28-3)23(27-2)12-20(21)18-10-15-6-4-5-9-25(15)14-22(17)18/h7-8,11-13,15H,4-6,9-10,14H2,1-3H3/t15-/m1/s1. The fourth-order valence-corrected chi connectivity index (χ4v) is 5.16. The number of nitrogens with zero attached hydrogens (tertiary/aromatic N) is 1. The van der Waals surface area contributed by atoms with E-state index in [1.807, 2.05) is 0 Å². The fraction of sp³-hybridized carbons (Fsp3) is 0.417. The smallest absolute Gasteiger partial charge is 0.161 e. The number of methoxy groups -OCH3 is 3. The molecule has 4 heteroatoms. The van der Waals surface area contributed by atoms with Gasteiger partial charge in [0.25, 0.3) is 0 Å². The van der Waals surface area contributed by atoms with E-state index in [9.17, 15) is 0 Å². The molecule has 5 rings (SSSR count). The van der Waals surface area contributed by atoms with Crippen LogP contribution in [0.25, 0.3) is 21.5 Å². The van der Waals surface area contributed by atoms with Crippen LogP contribution in [0.4, 0.5) is 0 Å². The molecule has 2 aliphatic heterocycles. The van der Waals surface area contributed by atoms with Gasteiger partial charge < -0.3 is 14.2 Å². The topological polar surface area (TPSA) is 30.9 Å². The average Bonchev–Trinajstić information content (AvgIpc) is 2.76. The maximum atomic E-state index is 5.64. The van der Waals surface area contributed by atoms with Gasteiger partial charge in [0.2, 0.25) is 0 Å². The van der Waals surface area contributed by atoms with Crippen molar-refractivity contribution >= 4 is 21.5 Å². The van der Waals surface area contributed by atoms with Gasteiger partial charge in [-0.2, -0.15) is 0 Å². The van der Waals surface area contributed by atoms with Crippen LogP contribution in [-0.4, -0.2) is 38.8 Å².